The van der Waals surface area contributed by atoms with Crippen LogP contribution < -0.4 is 5.32 Å². The third kappa shape index (κ3) is 4.55. The van der Waals surface area contributed by atoms with Gasteiger partial charge in [-0.2, -0.15) is 0 Å². The Balaban J connectivity index is 2.15. The molecule has 0 bridgehead atoms. The fourth-order valence-corrected chi connectivity index (χ4v) is 2.38. The standard InChI is InChI=1S/C10H17NO3S/c1-7-3-2-4-8(7)11-9(12)5-15-6-10(13)14/h7-8H,2-6H2,1H3,(H,11,12)(H,13,14). The molecule has 0 aromatic carbocycles. The van der Waals surface area contributed by atoms with Gasteiger partial charge in [-0.1, -0.05) is 13.3 Å². The number of carboxylic acid groups (broad SMARTS) is 1. The average Bonchev–Trinajstić information content (AvgIpc) is 2.51. The average molecular weight is 231 g/mol. The topological polar surface area (TPSA) is 66.4 Å². The van der Waals surface area contributed by atoms with Crippen LogP contribution in [0.5, 0.6) is 0 Å². The molecule has 1 aliphatic rings. The predicted octanol–water partition coefficient (Wildman–Crippen LogP) is 1.11. The van der Waals surface area contributed by atoms with Crippen LogP contribution in [0, 0.1) is 5.92 Å². The van der Waals surface area contributed by atoms with Gasteiger partial charge in [0.1, 0.15) is 0 Å². The van der Waals surface area contributed by atoms with E-state index in [4.69, 9.17) is 5.11 Å². The third-order valence-electron chi connectivity index (χ3n) is 2.67. The van der Waals surface area contributed by atoms with Crippen molar-refractivity contribution in [1.82, 2.24) is 5.32 Å². The quantitative estimate of drug-likeness (QED) is 0.744. The lowest BCUT2D eigenvalue weighted by atomic mass is 10.1. The summed E-state index contributed by atoms with van der Waals surface area (Å²) in [6.07, 6.45) is 3.40. The van der Waals surface area contributed by atoms with E-state index >= 15 is 0 Å². The minimum absolute atomic E-state index is 0.00631. The van der Waals surface area contributed by atoms with E-state index < -0.39 is 5.97 Å². The molecule has 1 fully saturated rings. The maximum Gasteiger partial charge on any atom is 0.313 e. The van der Waals surface area contributed by atoms with Crippen molar-refractivity contribution in [1.29, 1.82) is 0 Å². The normalized spacial score (nSPS) is 25.1. The van der Waals surface area contributed by atoms with Crippen LogP contribution in [0.1, 0.15) is 26.2 Å². The van der Waals surface area contributed by atoms with Gasteiger partial charge in [0.2, 0.25) is 5.91 Å². The fourth-order valence-electron chi connectivity index (χ4n) is 1.84. The number of carboxylic acids is 1. The molecule has 15 heavy (non-hydrogen) atoms. The highest BCUT2D eigenvalue weighted by Gasteiger charge is 2.24. The summed E-state index contributed by atoms with van der Waals surface area (Å²) in [4.78, 5) is 21.6. The highest BCUT2D eigenvalue weighted by atomic mass is 32.2. The van der Waals surface area contributed by atoms with Crippen molar-refractivity contribution in [2.75, 3.05) is 11.5 Å². The van der Waals surface area contributed by atoms with Gasteiger partial charge in [0.25, 0.3) is 0 Å². The summed E-state index contributed by atoms with van der Waals surface area (Å²) in [5.41, 5.74) is 0. The Labute approximate surface area is 93.8 Å². The van der Waals surface area contributed by atoms with E-state index in [9.17, 15) is 9.59 Å². The molecule has 0 aromatic rings. The highest BCUT2D eigenvalue weighted by molar-refractivity contribution is 8.00. The number of hydrogen-bond acceptors (Lipinski definition) is 3. The van der Waals surface area contributed by atoms with Crippen LogP contribution in [-0.2, 0) is 9.59 Å². The van der Waals surface area contributed by atoms with Crippen LogP contribution in [0.2, 0.25) is 0 Å². The van der Waals surface area contributed by atoms with Gasteiger partial charge in [-0.3, -0.25) is 9.59 Å². The third-order valence-corrected chi connectivity index (χ3v) is 3.58. The molecule has 2 N–H and O–H groups in total. The van der Waals surface area contributed by atoms with Crippen LogP contribution in [0.15, 0.2) is 0 Å². The van der Waals surface area contributed by atoms with E-state index in [2.05, 4.69) is 12.2 Å². The van der Waals surface area contributed by atoms with Crippen LogP contribution >= 0.6 is 11.8 Å². The molecule has 0 aliphatic heterocycles. The molecule has 0 aromatic heterocycles. The lowest BCUT2D eigenvalue weighted by Gasteiger charge is -2.16. The van der Waals surface area contributed by atoms with Gasteiger partial charge in [-0.25, -0.2) is 0 Å². The largest absolute Gasteiger partial charge is 0.481 e. The summed E-state index contributed by atoms with van der Waals surface area (Å²) >= 11 is 1.14. The number of nitrogens with one attached hydrogen (secondary N) is 1. The van der Waals surface area contributed by atoms with Gasteiger partial charge in [-0.05, 0) is 18.8 Å². The first-order valence-corrected chi connectivity index (χ1v) is 6.34. The van der Waals surface area contributed by atoms with E-state index in [1.165, 1.54) is 12.8 Å². The maximum atomic E-state index is 11.4. The van der Waals surface area contributed by atoms with Crippen molar-refractivity contribution in [3.63, 3.8) is 0 Å². The molecule has 2 unspecified atom stereocenters. The lowest BCUT2D eigenvalue weighted by molar-refractivity contribution is -0.133. The summed E-state index contributed by atoms with van der Waals surface area (Å²) in [6, 6.07) is 0.294. The highest BCUT2D eigenvalue weighted by Crippen LogP contribution is 2.24. The Hall–Kier alpha value is -0.710. The Morgan fingerprint density at radius 3 is 2.67 bits per heavy atom. The van der Waals surface area contributed by atoms with Crippen molar-refractivity contribution >= 4 is 23.6 Å². The van der Waals surface area contributed by atoms with Gasteiger partial charge in [-0.15, -0.1) is 11.8 Å². The summed E-state index contributed by atoms with van der Waals surface area (Å²) in [5.74, 6) is -0.121. The zero-order valence-corrected chi connectivity index (χ0v) is 9.68. The van der Waals surface area contributed by atoms with Crippen LogP contribution in [0.25, 0.3) is 0 Å². The first kappa shape index (κ1) is 12.4. The molecule has 0 radical (unpaired) electrons. The molecule has 1 aliphatic carbocycles. The van der Waals surface area contributed by atoms with Crippen LogP contribution in [0.3, 0.4) is 0 Å². The zero-order chi connectivity index (χ0) is 11.3. The first-order valence-electron chi connectivity index (χ1n) is 5.18. The molecular formula is C10H17NO3S. The molecule has 1 rings (SSSR count). The second kappa shape index (κ2) is 6.00. The predicted molar refractivity (Wildman–Crippen MR) is 59.9 cm³/mol. The number of thioether (sulfide) groups is 1. The molecule has 4 nitrogen and oxygen atoms in total. The van der Waals surface area contributed by atoms with Crippen molar-refractivity contribution in [2.45, 2.75) is 32.2 Å². The minimum atomic E-state index is -0.873. The van der Waals surface area contributed by atoms with E-state index in [0.29, 0.717) is 12.0 Å². The second-order valence-electron chi connectivity index (χ2n) is 3.97. The van der Waals surface area contributed by atoms with Gasteiger partial charge >= 0.3 is 5.97 Å². The fraction of sp³-hybridized carbons (Fsp3) is 0.800. The summed E-state index contributed by atoms with van der Waals surface area (Å²) < 4.78 is 0. The molecule has 5 heteroatoms. The number of carbonyl (C=O) groups excluding carboxylic acids is 1. The van der Waals surface area contributed by atoms with Gasteiger partial charge in [0, 0.05) is 6.04 Å². The van der Waals surface area contributed by atoms with Crippen molar-refractivity contribution in [2.24, 2.45) is 5.92 Å². The summed E-state index contributed by atoms with van der Waals surface area (Å²) in [7, 11) is 0. The number of hydrogen-bond donors (Lipinski definition) is 2. The van der Waals surface area contributed by atoms with Gasteiger partial charge < -0.3 is 10.4 Å². The Morgan fingerprint density at radius 1 is 1.40 bits per heavy atom. The molecule has 86 valence electrons. The van der Waals surface area contributed by atoms with Crippen LogP contribution in [0.4, 0.5) is 0 Å². The van der Waals surface area contributed by atoms with E-state index in [1.54, 1.807) is 0 Å². The Morgan fingerprint density at radius 2 is 2.13 bits per heavy atom. The lowest BCUT2D eigenvalue weighted by Crippen LogP contribution is -2.37. The molecule has 0 spiro atoms. The maximum absolute atomic E-state index is 11.4. The number of rotatable bonds is 5. The number of carbonyl (C=O) groups is 2. The minimum Gasteiger partial charge on any atom is -0.481 e. The van der Waals surface area contributed by atoms with Crippen molar-refractivity contribution < 1.29 is 14.7 Å². The molecule has 0 heterocycles. The second-order valence-corrected chi connectivity index (χ2v) is 4.95. The molecule has 2 atom stereocenters. The zero-order valence-electron chi connectivity index (χ0n) is 8.86. The smallest absolute Gasteiger partial charge is 0.313 e. The number of amides is 1. The van der Waals surface area contributed by atoms with Gasteiger partial charge in [0.15, 0.2) is 0 Å². The van der Waals surface area contributed by atoms with Crippen LogP contribution in [-0.4, -0.2) is 34.5 Å². The van der Waals surface area contributed by atoms with Crippen molar-refractivity contribution in [3.8, 4) is 0 Å². The number of aliphatic carboxylic acids is 1. The molecule has 1 saturated carbocycles. The summed E-state index contributed by atoms with van der Waals surface area (Å²) in [6.45, 7) is 2.14. The molecular weight excluding hydrogens is 214 g/mol. The Bertz CT molecular complexity index is 245. The monoisotopic (exact) mass is 231 g/mol. The first-order chi connectivity index (χ1) is 7.09. The molecule has 0 saturated heterocycles. The van der Waals surface area contributed by atoms with Crippen molar-refractivity contribution in [3.05, 3.63) is 0 Å². The Kier molecular flexibility index (Phi) is 4.94. The van der Waals surface area contributed by atoms with E-state index in [1.807, 2.05) is 0 Å². The molecule has 1 amide bonds. The SMILES string of the molecule is CC1CCCC1NC(=O)CSCC(=O)O. The van der Waals surface area contributed by atoms with E-state index in [0.717, 1.165) is 18.2 Å². The summed E-state index contributed by atoms with van der Waals surface area (Å²) in [5, 5.41) is 11.3. The van der Waals surface area contributed by atoms with Gasteiger partial charge in [0.05, 0.1) is 11.5 Å². The van der Waals surface area contributed by atoms with E-state index in [-0.39, 0.29) is 17.4 Å².